The lowest BCUT2D eigenvalue weighted by Gasteiger charge is -1.84. The first-order valence-corrected chi connectivity index (χ1v) is 2.83. The van der Waals surface area contributed by atoms with Crippen LogP contribution in [0.5, 0.6) is 0 Å². The van der Waals surface area contributed by atoms with Gasteiger partial charge in [-0.15, -0.1) is 5.92 Å². The number of amides is 1. The number of hydrogen-bond donors (Lipinski definition) is 2. The fourth-order valence-corrected chi connectivity index (χ4v) is 0.367. The van der Waals surface area contributed by atoms with Crippen LogP contribution in [0.1, 0.15) is 12.8 Å². The number of hydrogen-bond acceptors (Lipinski definition) is 3. The summed E-state index contributed by atoms with van der Waals surface area (Å²) in [6, 6.07) is 0. The highest BCUT2D eigenvalue weighted by molar-refractivity contribution is 5.73. The number of primary amides is 1. The van der Waals surface area contributed by atoms with Crippen LogP contribution in [0.3, 0.4) is 0 Å². The van der Waals surface area contributed by atoms with Crippen LogP contribution in [0, 0.1) is 11.8 Å². The molecule has 0 aromatic carbocycles. The minimum absolute atomic E-state index is 0.193. The van der Waals surface area contributed by atoms with E-state index >= 15 is 0 Å². The average molecular weight is 142 g/mol. The van der Waals surface area contributed by atoms with Crippen molar-refractivity contribution in [1.82, 2.24) is 0 Å². The molecule has 0 spiro atoms. The Morgan fingerprint density at radius 2 is 2.20 bits per heavy atom. The van der Waals surface area contributed by atoms with Crippen LogP contribution >= 0.6 is 0 Å². The molecule has 4 nitrogen and oxygen atoms in total. The standard InChI is InChI=1S/C6H10N2O2/c7-6(9)4-2-1-3-5-10-8/h2,4-5,8H2,(H2,7,9). The molecule has 0 saturated carbocycles. The molecule has 0 fully saturated rings. The van der Waals surface area contributed by atoms with Gasteiger partial charge in [0.15, 0.2) is 0 Å². The third-order valence-corrected chi connectivity index (χ3v) is 0.777. The van der Waals surface area contributed by atoms with Crippen LogP contribution in [-0.4, -0.2) is 12.5 Å². The summed E-state index contributed by atoms with van der Waals surface area (Å²) in [4.78, 5) is 14.3. The largest absolute Gasteiger partial charge is 0.370 e. The molecule has 0 unspecified atom stereocenters. The quantitative estimate of drug-likeness (QED) is 0.398. The number of carbonyl (C=O) groups excluding carboxylic acids is 1. The zero-order chi connectivity index (χ0) is 7.82. The van der Waals surface area contributed by atoms with Crippen molar-refractivity contribution in [1.29, 1.82) is 0 Å². The topological polar surface area (TPSA) is 78.3 Å². The second kappa shape index (κ2) is 6.08. The van der Waals surface area contributed by atoms with E-state index in [0.717, 1.165) is 0 Å². The Morgan fingerprint density at radius 1 is 1.50 bits per heavy atom. The van der Waals surface area contributed by atoms with Crippen LogP contribution in [0.15, 0.2) is 0 Å². The molecule has 0 aliphatic rings. The zero-order valence-corrected chi connectivity index (χ0v) is 5.59. The second-order valence-electron chi connectivity index (χ2n) is 1.63. The molecule has 0 radical (unpaired) electrons. The maximum atomic E-state index is 10.1. The summed E-state index contributed by atoms with van der Waals surface area (Å²) in [5.41, 5.74) is 4.84. The van der Waals surface area contributed by atoms with E-state index in [1.807, 2.05) is 0 Å². The van der Waals surface area contributed by atoms with Crippen molar-refractivity contribution in [2.45, 2.75) is 12.8 Å². The van der Waals surface area contributed by atoms with E-state index in [1.54, 1.807) is 0 Å². The van der Waals surface area contributed by atoms with Crippen molar-refractivity contribution in [3.05, 3.63) is 0 Å². The molecule has 0 bridgehead atoms. The molecule has 0 aromatic rings. The summed E-state index contributed by atoms with van der Waals surface area (Å²) >= 11 is 0. The average Bonchev–Trinajstić information content (AvgIpc) is 1.87. The van der Waals surface area contributed by atoms with Gasteiger partial charge < -0.3 is 5.73 Å². The summed E-state index contributed by atoms with van der Waals surface area (Å²) in [5, 5.41) is 0. The van der Waals surface area contributed by atoms with Crippen LogP contribution in [0.25, 0.3) is 0 Å². The molecule has 0 atom stereocenters. The Labute approximate surface area is 59.5 Å². The molecule has 4 heteroatoms. The third-order valence-electron chi connectivity index (χ3n) is 0.777. The maximum Gasteiger partial charge on any atom is 0.218 e. The van der Waals surface area contributed by atoms with Crippen molar-refractivity contribution in [2.24, 2.45) is 11.6 Å². The minimum Gasteiger partial charge on any atom is -0.370 e. The lowest BCUT2D eigenvalue weighted by atomic mass is 10.3. The Balaban J connectivity index is 3.20. The van der Waals surface area contributed by atoms with Gasteiger partial charge in [0.2, 0.25) is 5.91 Å². The second-order valence-corrected chi connectivity index (χ2v) is 1.63. The summed E-state index contributed by atoms with van der Waals surface area (Å²) in [7, 11) is 0. The Morgan fingerprint density at radius 3 is 2.70 bits per heavy atom. The number of carbonyl (C=O) groups is 1. The van der Waals surface area contributed by atoms with Crippen molar-refractivity contribution in [3.8, 4) is 11.8 Å². The fourth-order valence-electron chi connectivity index (χ4n) is 0.367. The predicted octanol–water partition coefficient (Wildman–Crippen LogP) is -0.854. The van der Waals surface area contributed by atoms with Gasteiger partial charge in [-0.1, -0.05) is 5.92 Å². The predicted molar refractivity (Wildman–Crippen MR) is 36.3 cm³/mol. The number of rotatable bonds is 3. The molecule has 0 aromatic heterocycles. The van der Waals surface area contributed by atoms with E-state index in [-0.39, 0.29) is 18.9 Å². The molecule has 4 N–H and O–H groups in total. The van der Waals surface area contributed by atoms with Gasteiger partial charge in [-0.2, -0.15) is 0 Å². The third kappa shape index (κ3) is 6.95. The Hall–Kier alpha value is -1.05. The number of nitrogens with two attached hydrogens (primary N) is 2. The van der Waals surface area contributed by atoms with E-state index in [9.17, 15) is 4.79 Å². The van der Waals surface area contributed by atoms with Gasteiger partial charge in [0.05, 0.1) is 0 Å². The summed E-state index contributed by atoms with van der Waals surface area (Å²) in [6.07, 6.45) is 0.760. The van der Waals surface area contributed by atoms with Crippen LogP contribution in [0.2, 0.25) is 0 Å². The molecule has 0 rings (SSSR count). The van der Waals surface area contributed by atoms with Crippen LogP contribution in [0.4, 0.5) is 0 Å². The molecule has 0 saturated heterocycles. The summed E-state index contributed by atoms with van der Waals surface area (Å²) < 4.78 is 0. The van der Waals surface area contributed by atoms with E-state index < -0.39 is 0 Å². The van der Waals surface area contributed by atoms with Gasteiger partial charge in [-0.05, 0) is 0 Å². The molecule has 56 valence electrons. The van der Waals surface area contributed by atoms with E-state index in [2.05, 4.69) is 22.6 Å². The van der Waals surface area contributed by atoms with Crippen molar-refractivity contribution in [2.75, 3.05) is 6.61 Å². The summed E-state index contributed by atoms with van der Waals surface area (Å²) in [5.74, 6) is 9.58. The monoisotopic (exact) mass is 142 g/mol. The van der Waals surface area contributed by atoms with E-state index in [1.165, 1.54) is 0 Å². The highest BCUT2D eigenvalue weighted by Crippen LogP contribution is 1.82. The molecule has 0 aliphatic heterocycles. The van der Waals surface area contributed by atoms with Crippen molar-refractivity contribution in [3.63, 3.8) is 0 Å². The Bertz CT molecular complexity index is 157. The lowest BCUT2D eigenvalue weighted by Crippen LogP contribution is -2.09. The van der Waals surface area contributed by atoms with Crippen LogP contribution in [-0.2, 0) is 9.63 Å². The lowest BCUT2D eigenvalue weighted by molar-refractivity contribution is -0.117. The van der Waals surface area contributed by atoms with Gasteiger partial charge >= 0.3 is 0 Å². The van der Waals surface area contributed by atoms with E-state index in [4.69, 9.17) is 5.73 Å². The van der Waals surface area contributed by atoms with Gasteiger partial charge in [0.25, 0.3) is 0 Å². The molecular weight excluding hydrogens is 132 g/mol. The van der Waals surface area contributed by atoms with Gasteiger partial charge in [-0.25, -0.2) is 5.90 Å². The van der Waals surface area contributed by atoms with Gasteiger partial charge in [-0.3, -0.25) is 9.63 Å². The van der Waals surface area contributed by atoms with Crippen LogP contribution < -0.4 is 11.6 Å². The van der Waals surface area contributed by atoms with Crippen molar-refractivity contribution >= 4 is 5.91 Å². The highest BCUT2D eigenvalue weighted by Gasteiger charge is 1.87. The molecule has 0 heterocycles. The first-order valence-electron chi connectivity index (χ1n) is 2.83. The first-order chi connectivity index (χ1) is 4.77. The highest BCUT2D eigenvalue weighted by atomic mass is 16.6. The summed E-state index contributed by atoms with van der Waals surface area (Å²) in [6.45, 7) is 0.193. The molecular formula is C6H10N2O2. The normalized spacial score (nSPS) is 8.10. The van der Waals surface area contributed by atoms with Crippen molar-refractivity contribution < 1.29 is 9.63 Å². The van der Waals surface area contributed by atoms with Gasteiger partial charge in [0, 0.05) is 12.8 Å². The zero-order valence-electron chi connectivity index (χ0n) is 5.59. The Kier molecular flexibility index (Phi) is 5.44. The minimum atomic E-state index is -0.344. The molecule has 10 heavy (non-hydrogen) atoms. The SMILES string of the molecule is NOCC#CCCC(N)=O. The van der Waals surface area contributed by atoms with E-state index in [0.29, 0.717) is 6.42 Å². The first kappa shape index (κ1) is 8.95. The fraction of sp³-hybridized carbons (Fsp3) is 0.500. The molecule has 1 amide bonds. The maximum absolute atomic E-state index is 10.1. The van der Waals surface area contributed by atoms with Gasteiger partial charge in [0.1, 0.15) is 6.61 Å². The molecule has 0 aliphatic carbocycles. The smallest absolute Gasteiger partial charge is 0.218 e.